The summed E-state index contributed by atoms with van der Waals surface area (Å²) in [7, 11) is 0. The van der Waals surface area contributed by atoms with E-state index >= 15 is 0 Å². The molecule has 1 N–H and O–H groups in total. The smallest absolute Gasteiger partial charge is 0.323 e. The zero-order chi connectivity index (χ0) is 20.0. The molecule has 0 radical (unpaired) electrons. The third kappa shape index (κ3) is 3.42. The highest BCUT2D eigenvalue weighted by molar-refractivity contribution is 7.14. The summed E-state index contributed by atoms with van der Waals surface area (Å²) < 4.78 is 2.09. The van der Waals surface area contributed by atoms with Crippen LogP contribution in [-0.2, 0) is 13.1 Å². The van der Waals surface area contributed by atoms with Gasteiger partial charge in [0, 0.05) is 30.2 Å². The fourth-order valence-electron chi connectivity index (χ4n) is 3.41. The largest absolute Gasteiger partial charge is 0.331 e. The van der Waals surface area contributed by atoms with Crippen molar-refractivity contribution in [3.05, 3.63) is 47.0 Å². The van der Waals surface area contributed by atoms with Crippen LogP contribution in [-0.4, -0.2) is 47.4 Å². The number of aromatic nitrogens is 6. The van der Waals surface area contributed by atoms with E-state index in [-0.39, 0.29) is 6.03 Å². The normalized spacial score (nSPS) is 13.5. The topological polar surface area (TPSA) is 102 Å². The van der Waals surface area contributed by atoms with Crippen molar-refractivity contribution in [1.29, 1.82) is 0 Å². The Bertz CT molecular complexity index is 1230. The Morgan fingerprint density at radius 1 is 1.10 bits per heavy atom. The van der Waals surface area contributed by atoms with Crippen molar-refractivity contribution in [2.45, 2.75) is 26.9 Å². The van der Waals surface area contributed by atoms with E-state index in [0.29, 0.717) is 18.9 Å². The highest BCUT2D eigenvalue weighted by atomic mass is 32.1. The number of nitrogens with zero attached hydrogens (tertiary/aromatic N) is 7. The maximum atomic E-state index is 12.7. The number of carbonyl (C=O) groups is 1. The van der Waals surface area contributed by atoms with Crippen LogP contribution in [0.25, 0.3) is 21.5 Å². The first-order chi connectivity index (χ1) is 14.0. The second-order valence-electron chi connectivity index (χ2n) is 6.97. The number of benzene rings is 1. The number of nitrogens with one attached hydrogen (secondary N) is 1. The minimum atomic E-state index is -0.207. The van der Waals surface area contributed by atoms with Gasteiger partial charge in [0.15, 0.2) is 5.82 Å². The monoisotopic (exact) mass is 406 g/mol. The van der Waals surface area contributed by atoms with E-state index in [2.05, 4.69) is 35.3 Å². The minimum absolute atomic E-state index is 0.207. The molecule has 1 aliphatic rings. The maximum absolute atomic E-state index is 12.7. The molecule has 0 saturated carbocycles. The number of amides is 2. The number of anilines is 1. The molecular weight excluding hydrogens is 388 g/mol. The van der Waals surface area contributed by atoms with Gasteiger partial charge in [0.25, 0.3) is 0 Å². The van der Waals surface area contributed by atoms with Gasteiger partial charge < -0.3 is 9.47 Å². The van der Waals surface area contributed by atoms with Crippen LogP contribution in [0.5, 0.6) is 0 Å². The van der Waals surface area contributed by atoms with Gasteiger partial charge >= 0.3 is 6.03 Å². The number of aryl methyl sites for hydroxylation is 2. The number of carbonyl (C=O) groups excluding carboxylic acids is 1. The van der Waals surface area contributed by atoms with Gasteiger partial charge in [0.1, 0.15) is 15.8 Å². The van der Waals surface area contributed by atoms with Crippen molar-refractivity contribution >= 4 is 34.1 Å². The Kier molecular flexibility index (Phi) is 4.20. The van der Waals surface area contributed by atoms with E-state index in [9.17, 15) is 4.79 Å². The first-order valence-electron chi connectivity index (χ1n) is 9.22. The molecule has 4 heterocycles. The van der Waals surface area contributed by atoms with Gasteiger partial charge in [0.05, 0.1) is 17.8 Å². The molecule has 9 nitrogen and oxygen atoms in total. The maximum Gasteiger partial charge on any atom is 0.323 e. The van der Waals surface area contributed by atoms with E-state index < -0.39 is 0 Å². The van der Waals surface area contributed by atoms with Crippen LogP contribution in [0.3, 0.4) is 0 Å². The first kappa shape index (κ1) is 17.7. The van der Waals surface area contributed by atoms with E-state index in [1.165, 1.54) is 11.3 Å². The molecule has 0 spiro atoms. The number of imidazole rings is 1. The quantitative estimate of drug-likeness (QED) is 0.549. The molecule has 146 valence electrons. The lowest BCUT2D eigenvalue weighted by Gasteiger charge is -2.27. The van der Waals surface area contributed by atoms with E-state index in [0.717, 1.165) is 44.5 Å². The summed E-state index contributed by atoms with van der Waals surface area (Å²) >= 11 is 1.54. The predicted octanol–water partition coefficient (Wildman–Crippen LogP) is 3.01. The van der Waals surface area contributed by atoms with Crippen LogP contribution in [0, 0.1) is 13.8 Å². The first-order valence-corrected chi connectivity index (χ1v) is 10.0. The zero-order valence-corrected chi connectivity index (χ0v) is 16.8. The molecule has 5 rings (SSSR count). The average molecular weight is 406 g/mol. The molecule has 0 aliphatic carbocycles. The molecule has 3 aromatic heterocycles. The molecule has 0 unspecified atom stereocenters. The Morgan fingerprint density at radius 3 is 2.83 bits per heavy atom. The van der Waals surface area contributed by atoms with Gasteiger partial charge in [-0.25, -0.2) is 9.78 Å². The third-order valence-electron chi connectivity index (χ3n) is 4.80. The zero-order valence-electron chi connectivity index (χ0n) is 16.0. The number of rotatable bonds is 2. The van der Waals surface area contributed by atoms with Gasteiger partial charge in [-0.1, -0.05) is 11.3 Å². The molecule has 2 amide bonds. The highest BCUT2D eigenvalue weighted by Gasteiger charge is 2.22. The molecule has 29 heavy (non-hydrogen) atoms. The fraction of sp³-hybridized carbons (Fsp3) is 0.263. The second-order valence-corrected chi connectivity index (χ2v) is 8.15. The molecule has 0 saturated heterocycles. The van der Waals surface area contributed by atoms with Crippen molar-refractivity contribution in [3.8, 4) is 10.6 Å². The number of urea groups is 1. The molecule has 4 aromatic rings. The lowest BCUT2D eigenvalue weighted by atomic mass is 10.1. The Balaban J connectivity index is 1.36. The van der Waals surface area contributed by atoms with Crippen molar-refractivity contribution in [1.82, 2.24) is 34.8 Å². The third-order valence-corrected chi connectivity index (χ3v) is 5.69. The van der Waals surface area contributed by atoms with Crippen molar-refractivity contribution in [2.75, 3.05) is 11.9 Å². The lowest BCUT2D eigenvalue weighted by molar-refractivity contribution is 0.195. The minimum Gasteiger partial charge on any atom is -0.331 e. The summed E-state index contributed by atoms with van der Waals surface area (Å²) in [5.74, 6) is 1.31. The summed E-state index contributed by atoms with van der Waals surface area (Å²) in [6, 6.07) is 7.45. The molecule has 10 heteroatoms. The van der Waals surface area contributed by atoms with Crippen LogP contribution in [0.2, 0.25) is 0 Å². The van der Waals surface area contributed by atoms with E-state index in [1.807, 2.05) is 44.3 Å². The van der Waals surface area contributed by atoms with E-state index in [4.69, 9.17) is 0 Å². The molecule has 0 bridgehead atoms. The van der Waals surface area contributed by atoms with Crippen LogP contribution in [0.1, 0.15) is 16.5 Å². The van der Waals surface area contributed by atoms with Gasteiger partial charge in [0.2, 0.25) is 0 Å². The van der Waals surface area contributed by atoms with Gasteiger partial charge in [-0.3, -0.25) is 5.32 Å². The highest BCUT2D eigenvalue weighted by Crippen LogP contribution is 2.27. The molecule has 0 atom stereocenters. The fourth-order valence-corrected chi connectivity index (χ4v) is 4.10. The number of hydrogen-bond donors (Lipinski definition) is 1. The van der Waals surface area contributed by atoms with E-state index in [1.54, 1.807) is 4.90 Å². The van der Waals surface area contributed by atoms with Crippen LogP contribution in [0.15, 0.2) is 30.5 Å². The second kappa shape index (κ2) is 6.89. The Hall–Kier alpha value is -3.40. The molecule has 1 aromatic carbocycles. The summed E-state index contributed by atoms with van der Waals surface area (Å²) in [5, 5.41) is 22.1. The molecule has 0 fully saturated rings. The summed E-state index contributed by atoms with van der Waals surface area (Å²) in [6.07, 6.45) is 2.01. The summed E-state index contributed by atoms with van der Waals surface area (Å²) in [6.45, 7) is 5.71. The Morgan fingerprint density at radius 2 is 2.00 bits per heavy atom. The number of fused-ring (bicyclic) bond motifs is 2. The number of hydrogen-bond acceptors (Lipinski definition) is 7. The summed E-state index contributed by atoms with van der Waals surface area (Å²) in [5.41, 5.74) is 2.68. The predicted molar refractivity (Wildman–Crippen MR) is 110 cm³/mol. The lowest BCUT2D eigenvalue weighted by Crippen LogP contribution is -2.40. The van der Waals surface area contributed by atoms with Gasteiger partial charge in [-0.05, 0) is 38.1 Å². The van der Waals surface area contributed by atoms with Gasteiger partial charge in [-0.15, -0.1) is 20.4 Å². The van der Waals surface area contributed by atoms with Crippen LogP contribution >= 0.6 is 11.3 Å². The standard InChI is InChI=1S/C19H18N8OS/c1-11-9-26-5-6-27(10-17(26)20-11)19(28)21-16-8-14-7-13(3-4-15(14)23-24-16)18-25-22-12(2)29-18/h3-4,7-9H,5-6,10H2,1-2H3,(H,21,24,28). The van der Waals surface area contributed by atoms with Crippen molar-refractivity contribution < 1.29 is 4.79 Å². The SMILES string of the molecule is Cc1cn2c(n1)CN(C(=O)Nc1cc3cc(-c4nnc(C)s4)ccc3nn1)CC2. The van der Waals surface area contributed by atoms with Crippen molar-refractivity contribution in [3.63, 3.8) is 0 Å². The van der Waals surface area contributed by atoms with Gasteiger partial charge in [-0.2, -0.15) is 0 Å². The molecular formula is C19H18N8OS. The Labute approximate surface area is 170 Å². The summed E-state index contributed by atoms with van der Waals surface area (Å²) in [4.78, 5) is 18.9. The molecule has 1 aliphatic heterocycles. The van der Waals surface area contributed by atoms with Crippen molar-refractivity contribution in [2.24, 2.45) is 0 Å². The van der Waals surface area contributed by atoms with Crippen LogP contribution in [0.4, 0.5) is 10.6 Å². The van der Waals surface area contributed by atoms with Crippen LogP contribution < -0.4 is 5.32 Å². The average Bonchev–Trinajstić information content (AvgIpc) is 3.31.